The lowest BCUT2D eigenvalue weighted by atomic mass is 9.99. The van der Waals surface area contributed by atoms with E-state index in [0.29, 0.717) is 104 Å². The Balaban J connectivity index is 1.04. The van der Waals surface area contributed by atoms with Crippen LogP contribution in [0.1, 0.15) is 43.7 Å². The van der Waals surface area contributed by atoms with Crippen molar-refractivity contribution in [3.63, 3.8) is 0 Å². The first-order chi connectivity index (χ1) is 25.2. The number of aryl methyl sites for hydroxylation is 1. The Kier molecular flexibility index (Phi) is 19.9. The third-order valence-electron chi connectivity index (χ3n) is 8.40. The Hall–Kier alpha value is -3.15. The van der Waals surface area contributed by atoms with Crippen LogP contribution in [0.4, 0.5) is 11.6 Å². The number of rotatable bonds is 29. The maximum atomic E-state index is 9.65. The minimum Gasteiger partial charge on any atom is -0.475 e. The molecule has 0 radical (unpaired) electrons. The Morgan fingerprint density at radius 1 is 0.824 bits per heavy atom. The summed E-state index contributed by atoms with van der Waals surface area (Å²) in [7, 11) is 1.90. The van der Waals surface area contributed by atoms with Crippen LogP contribution in [0.15, 0.2) is 30.6 Å². The zero-order valence-electron chi connectivity index (χ0n) is 30.6. The highest BCUT2D eigenvalue weighted by Gasteiger charge is 2.25. The van der Waals surface area contributed by atoms with Gasteiger partial charge in [0, 0.05) is 56.2 Å². The van der Waals surface area contributed by atoms with E-state index in [-0.39, 0.29) is 6.61 Å². The molecule has 4 heterocycles. The molecule has 0 spiro atoms. The molecule has 0 saturated carbocycles. The van der Waals surface area contributed by atoms with Crippen LogP contribution in [0.5, 0.6) is 5.88 Å². The fraction of sp³-hybridized carbons (Fsp3) is 0.694. The summed E-state index contributed by atoms with van der Waals surface area (Å²) in [6.07, 6.45) is 8.67. The highest BCUT2D eigenvalue weighted by Crippen LogP contribution is 2.29. The predicted octanol–water partition coefficient (Wildman–Crippen LogP) is 2.74. The van der Waals surface area contributed by atoms with Gasteiger partial charge in [-0.15, -0.1) is 0 Å². The van der Waals surface area contributed by atoms with Gasteiger partial charge in [-0.2, -0.15) is 9.61 Å². The summed E-state index contributed by atoms with van der Waals surface area (Å²) in [5.41, 5.74) is 2.98. The average Bonchev–Trinajstić information content (AvgIpc) is 3.58. The normalized spacial score (nSPS) is 14.8. The number of aliphatic hydroxyl groups excluding tert-OH is 1. The summed E-state index contributed by atoms with van der Waals surface area (Å²) in [4.78, 5) is 11.8. The number of pyridine rings is 1. The van der Waals surface area contributed by atoms with Crippen LogP contribution < -0.4 is 20.3 Å². The minimum absolute atomic E-state index is 0.178. The second-order valence-electron chi connectivity index (χ2n) is 12.1. The number of aromatic nitrogens is 4. The van der Waals surface area contributed by atoms with Crippen LogP contribution in [-0.2, 0) is 41.4 Å². The molecule has 0 aliphatic carbocycles. The summed E-state index contributed by atoms with van der Waals surface area (Å²) >= 11 is 0. The number of aliphatic hydroxyl groups is 1. The number of hydrogen-bond acceptors (Lipinski definition) is 14. The largest absolute Gasteiger partial charge is 0.475 e. The molecule has 1 fully saturated rings. The maximum absolute atomic E-state index is 9.65. The standard InChI is InChI=1S/C36H59N7O8/c1-3-31-29-40-43-33(26-34(41-36(31)43)42-11-5-4-6-32(42)9-12-44)38-27-30-7-8-35(39-28-30)51-25-24-50-23-22-49-21-20-48-19-18-47-17-16-46-15-14-45-13-10-37-2/h7-8,26,28-29,32,37-38,44H,3-6,9-25,27H2,1-2H3. The molecule has 1 atom stereocenters. The van der Waals surface area contributed by atoms with Crippen LogP contribution in [0, 0.1) is 0 Å². The lowest BCUT2D eigenvalue weighted by Gasteiger charge is -2.36. The van der Waals surface area contributed by atoms with E-state index in [0.717, 1.165) is 67.2 Å². The van der Waals surface area contributed by atoms with E-state index >= 15 is 0 Å². The first-order valence-electron chi connectivity index (χ1n) is 18.4. The van der Waals surface area contributed by atoms with Crippen molar-refractivity contribution in [2.24, 2.45) is 0 Å². The van der Waals surface area contributed by atoms with Crippen LogP contribution in [0.25, 0.3) is 5.65 Å². The quantitative estimate of drug-likeness (QED) is 0.0902. The van der Waals surface area contributed by atoms with Crippen LogP contribution in [0.2, 0.25) is 0 Å². The number of piperidine rings is 1. The lowest BCUT2D eigenvalue weighted by Crippen LogP contribution is -2.40. The average molecular weight is 718 g/mol. The van der Waals surface area contributed by atoms with E-state index in [1.54, 1.807) is 0 Å². The van der Waals surface area contributed by atoms with Crippen molar-refractivity contribution in [1.29, 1.82) is 0 Å². The van der Waals surface area contributed by atoms with Crippen LogP contribution >= 0.6 is 0 Å². The molecule has 4 rings (SSSR count). The summed E-state index contributed by atoms with van der Waals surface area (Å²) in [6.45, 7) is 11.4. The first-order valence-corrected chi connectivity index (χ1v) is 18.4. The van der Waals surface area contributed by atoms with Gasteiger partial charge in [-0.3, -0.25) is 0 Å². The van der Waals surface area contributed by atoms with Gasteiger partial charge in [-0.1, -0.05) is 13.0 Å². The number of nitrogens with zero attached hydrogens (tertiary/aromatic N) is 5. The molecule has 1 unspecified atom stereocenters. The van der Waals surface area contributed by atoms with Crippen molar-refractivity contribution in [2.75, 3.05) is 123 Å². The number of nitrogens with one attached hydrogen (secondary N) is 2. The number of anilines is 2. The number of fused-ring (bicyclic) bond motifs is 1. The van der Waals surface area contributed by atoms with E-state index < -0.39 is 0 Å². The molecule has 1 aliphatic heterocycles. The van der Waals surface area contributed by atoms with Gasteiger partial charge in [0.05, 0.1) is 85.5 Å². The third-order valence-corrected chi connectivity index (χ3v) is 8.40. The maximum Gasteiger partial charge on any atom is 0.213 e. The monoisotopic (exact) mass is 717 g/mol. The number of ether oxygens (including phenoxy) is 7. The second kappa shape index (κ2) is 24.9. The Morgan fingerprint density at radius 3 is 2.06 bits per heavy atom. The molecule has 15 heteroatoms. The van der Waals surface area contributed by atoms with E-state index in [4.69, 9.17) is 38.1 Å². The SMILES string of the molecule is CCc1cnn2c(NCc3ccc(OCCOCCOCCOCCOCCOCCOCCNC)nc3)cc(N3CCCCC3CCO)nc12. The van der Waals surface area contributed by atoms with Crippen molar-refractivity contribution < 1.29 is 38.3 Å². The number of hydrogen-bond donors (Lipinski definition) is 3. The fourth-order valence-electron chi connectivity index (χ4n) is 5.64. The number of likely N-dealkylation sites (N-methyl/N-ethyl adjacent to an activating group) is 1. The van der Waals surface area contributed by atoms with E-state index in [9.17, 15) is 5.11 Å². The van der Waals surface area contributed by atoms with Crippen molar-refractivity contribution >= 4 is 17.3 Å². The Bertz CT molecular complexity index is 1330. The Morgan fingerprint density at radius 2 is 1.47 bits per heavy atom. The van der Waals surface area contributed by atoms with Gasteiger partial charge in [-0.25, -0.2) is 9.97 Å². The molecule has 3 N–H and O–H groups in total. The molecule has 1 saturated heterocycles. The van der Waals surface area contributed by atoms with Gasteiger partial charge in [0.15, 0.2) is 5.65 Å². The molecular weight excluding hydrogens is 658 g/mol. The third kappa shape index (κ3) is 14.8. The zero-order valence-corrected chi connectivity index (χ0v) is 30.6. The van der Waals surface area contributed by atoms with E-state index in [1.807, 2.05) is 36.1 Å². The zero-order chi connectivity index (χ0) is 35.8. The van der Waals surface area contributed by atoms with Crippen molar-refractivity contribution in [2.45, 2.75) is 51.6 Å². The summed E-state index contributed by atoms with van der Waals surface area (Å²) in [5, 5.41) is 20.8. The highest BCUT2D eigenvalue weighted by atomic mass is 16.6. The van der Waals surface area contributed by atoms with E-state index in [2.05, 4.69) is 38.6 Å². The molecule has 15 nitrogen and oxygen atoms in total. The Labute approximate surface area is 302 Å². The summed E-state index contributed by atoms with van der Waals surface area (Å²) < 4.78 is 40.6. The molecule has 3 aromatic heterocycles. The van der Waals surface area contributed by atoms with Crippen molar-refractivity contribution in [1.82, 2.24) is 24.9 Å². The lowest BCUT2D eigenvalue weighted by molar-refractivity contribution is -0.0176. The second-order valence-corrected chi connectivity index (χ2v) is 12.1. The molecule has 0 aromatic carbocycles. The summed E-state index contributed by atoms with van der Waals surface area (Å²) in [5.74, 6) is 2.35. The van der Waals surface area contributed by atoms with Crippen molar-refractivity contribution in [3.8, 4) is 5.88 Å². The molecule has 0 bridgehead atoms. The molecular formula is C36H59N7O8. The fourth-order valence-corrected chi connectivity index (χ4v) is 5.64. The van der Waals surface area contributed by atoms with Gasteiger partial charge >= 0.3 is 0 Å². The van der Waals surface area contributed by atoms with E-state index in [1.165, 1.54) is 6.42 Å². The highest BCUT2D eigenvalue weighted by molar-refractivity contribution is 5.61. The van der Waals surface area contributed by atoms with Crippen LogP contribution in [0.3, 0.4) is 0 Å². The van der Waals surface area contributed by atoms with Gasteiger partial charge < -0.3 is 53.8 Å². The van der Waals surface area contributed by atoms with Crippen LogP contribution in [-0.4, -0.2) is 143 Å². The van der Waals surface area contributed by atoms with Gasteiger partial charge in [0.1, 0.15) is 18.2 Å². The molecule has 51 heavy (non-hydrogen) atoms. The first kappa shape index (κ1) is 40.6. The topological polar surface area (TPSA) is 155 Å². The minimum atomic E-state index is 0.178. The summed E-state index contributed by atoms with van der Waals surface area (Å²) in [6, 6.07) is 6.23. The van der Waals surface area contributed by atoms with Gasteiger partial charge in [0.2, 0.25) is 5.88 Å². The predicted molar refractivity (Wildman–Crippen MR) is 195 cm³/mol. The smallest absolute Gasteiger partial charge is 0.213 e. The molecule has 3 aromatic rings. The molecule has 0 amide bonds. The molecule has 286 valence electrons. The van der Waals surface area contributed by atoms with Crippen molar-refractivity contribution in [3.05, 3.63) is 41.7 Å². The molecule has 1 aliphatic rings. The van der Waals surface area contributed by atoms with Gasteiger partial charge in [-0.05, 0) is 44.7 Å². The van der Waals surface area contributed by atoms with Gasteiger partial charge in [0.25, 0.3) is 0 Å².